The molecule has 0 radical (unpaired) electrons. The molecule has 2 aromatic carbocycles. The summed E-state index contributed by atoms with van der Waals surface area (Å²) in [5, 5.41) is 40.1. The lowest BCUT2D eigenvalue weighted by Crippen LogP contribution is -2.60. The summed E-state index contributed by atoms with van der Waals surface area (Å²) in [6.45, 7) is -0.615. The first-order valence-electron chi connectivity index (χ1n) is 11.4. The van der Waals surface area contributed by atoms with Crippen LogP contribution in [0.15, 0.2) is 24.3 Å². The van der Waals surface area contributed by atoms with Gasteiger partial charge in [0.15, 0.2) is 17.3 Å². The fraction of sp³-hybridized carbons (Fsp3) is 0.480. The van der Waals surface area contributed by atoms with Gasteiger partial charge in [-0.2, -0.15) is 0 Å². The molecule has 0 saturated carbocycles. The zero-order valence-corrected chi connectivity index (χ0v) is 20.7. The first-order chi connectivity index (χ1) is 17.8. The molecule has 1 fully saturated rings. The average molecular weight is 523 g/mol. The number of hydrogen-bond acceptors (Lipinski definition) is 12. The smallest absolute Gasteiger partial charge is 0.229 e. The quantitative estimate of drug-likeness (QED) is 0.383. The molecule has 2 heterocycles. The van der Waals surface area contributed by atoms with E-state index in [1.165, 1.54) is 34.5 Å². The molecule has 1 saturated heterocycles. The van der Waals surface area contributed by atoms with Crippen LogP contribution in [0.2, 0.25) is 0 Å². The molecule has 0 aliphatic carbocycles. The molecule has 202 valence electrons. The van der Waals surface area contributed by atoms with Gasteiger partial charge in [0.1, 0.15) is 53.3 Å². The third-order valence-corrected chi connectivity index (χ3v) is 6.34. The number of aliphatic hydroxyl groups excluding tert-OH is 4. The maximum atomic E-state index is 13.1. The van der Waals surface area contributed by atoms with Gasteiger partial charge in [-0.05, 0) is 12.1 Å². The molecule has 2 aliphatic rings. The van der Waals surface area contributed by atoms with E-state index < -0.39 is 43.4 Å². The molecule has 6 atom stereocenters. The minimum atomic E-state index is -1.64. The minimum Gasteiger partial charge on any atom is -0.496 e. The Morgan fingerprint density at radius 3 is 2.19 bits per heavy atom. The zero-order valence-electron chi connectivity index (χ0n) is 20.7. The molecule has 4 N–H and O–H groups in total. The Morgan fingerprint density at radius 1 is 0.865 bits per heavy atom. The van der Waals surface area contributed by atoms with Crippen molar-refractivity contribution in [3.05, 3.63) is 35.4 Å². The Labute approximate surface area is 212 Å². The number of carbonyl (C=O) groups excluding carboxylic acids is 1. The minimum absolute atomic E-state index is 0.0232. The van der Waals surface area contributed by atoms with Gasteiger partial charge in [0.2, 0.25) is 12.0 Å². The molecule has 0 spiro atoms. The summed E-state index contributed by atoms with van der Waals surface area (Å²) in [5.74, 6) is 1.28. The fourth-order valence-corrected chi connectivity index (χ4v) is 4.38. The monoisotopic (exact) mass is 522 g/mol. The molecule has 37 heavy (non-hydrogen) atoms. The predicted octanol–water partition coefficient (Wildman–Crippen LogP) is 0.606. The number of methoxy groups -OCH3 is 4. The van der Waals surface area contributed by atoms with Gasteiger partial charge in [-0.1, -0.05) is 0 Å². The second-order valence-electron chi connectivity index (χ2n) is 8.51. The first-order valence-corrected chi connectivity index (χ1v) is 11.4. The maximum absolute atomic E-state index is 13.1. The number of hydrogen-bond donors (Lipinski definition) is 4. The van der Waals surface area contributed by atoms with Crippen LogP contribution in [0.4, 0.5) is 0 Å². The van der Waals surface area contributed by atoms with Gasteiger partial charge in [-0.15, -0.1) is 0 Å². The van der Waals surface area contributed by atoms with Gasteiger partial charge in [0.05, 0.1) is 41.5 Å². The van der Waals surface area contributed by atoms with Crippen molar-refractivity contribution in [2.45, 2.75) is 43.2 Å². The van der Waals surface area contributed by atoms with E-state index in [-0.39, 0.29) is 35.2 Å². The van der Waals surface area contributed by atoms with Gasteiger partial charge >= 0.3 is 0 Å². The standard InChI is InChI=1S/C25H30O12/c1-31-12-7-15(32-2)20-13(27)9-14(35-16(20)8-12)11-5-17(33-3)24(34-4)18(6-11)36-25-23(30)22(29)21(28)19(10-26)37-25/h5-8,14,19,21-23,25-26,28-30H,9-10H2,1-4H3/t14?,19-,21-,22+,23-,25-/m1/s1. The van der Waals surface area contributed by atoms with Crippen LogP contribution in [0.25, 0.3) is 0 Å². The zero-order chi connectivity index (χ0) is 26.9. The molecular weight excluding hydrogens is 492 g/mol. The molecular formula is C25H30O12. The summed E-state index contributed by atoms with van der Waals surface area (Å²) in [6, 6.07) is 6.35. The Morgan fingerprint density at radius 2 is 1.57 bits per heavy atom. The van der Waals surface area contributed by atoms with E-state index in [0.717, 1.165) is 0 Å². The van der Waals surface area contributed by atoms with Crippen LogP contribution in [-0.2, 0) is 4.74 Å². The van der Waals surface area contributed by atoms with E-state index >= 15 is 0 Å². The maximum Gasteiger partial charge on any atom is 0.229 e. The average Bonchev–Trinajstić information content (AvgIpc) is 2.91. The summed E-state index contributed by atoms with van der Waals surface area (Å²) < 4.78 is 39.0. The summed E-state index contributed by atoms with van der Waals surface area (Å²) in [6.07, 6.45) is -8.23. The third-order valence-electron chi connectivity index (χ3n) is 6.34. The van der Waals surface area contributed by atoms with E-state index in [4.69, 9.17) is 33.2 Å². The van der Waals surface area contributed by atoms with Crippen LogP contribution in [0, 0.1) is 0 Å². The van der Waals surface area contributed by atoms with Gasteiger partial charge < -0.3 is 53.6 Å². The topological polar surface area (TPSA) is 163 Å². The molecule has 0 bridgehead atoms. The fourth-order valence-electron chi connectivity index (χ4n) is 4.38. The normalized spacial score (nSPS) is 27.1. The van der Waals surface area contributed by atoms with Gasteiger partial charge in [0.25, 0.3) is 0 Å². The Hall–Kier alpha value is -3.29. The number of fused-ring (bicyclic) bond motifs is 1. The SMILES string of the molecule is COc1cc(OC)c2c(c1)OC(c1cc(OC)c(OC)c(O[C@@H]3O[C@H](CO)[C@@H](O)[C@H](O)[C@H]3O)c1)CC2=O. The van der Waals surface area contributed by atoms with Crippen molar-refractivity contribution in [3.8, 4) is 34.5 Å². The molecule has 2 aliphatic heterocycles. The largest absolute Gasteiger partial charge is 0.496 e. The van der Waals surface area contributed by atoms with Crippen molar-refractivity contribution in [1.82, 2.24) is 0 Å². The van der Waals surface area contributed by atoms with Crippen LogP contribution < -0.4 is 28.4 Å². The van der Waals surface area contributed by atoms with Crippen molar-refractivity contribution in [2.24, 2.45) is 0 Å². The summed E-state index contributed by atoms with van der Waals surface area (Å²) in [7, 11) is 5.73. The van der Waals surface area contributed by atoms with Gasteiger partial charge in [-0.3, -0.25) is 4.79 Å². The van der Waals surface area contributed by atoms with Crippen LogP contribution in [0.1, 0.15) is 28.4 Å². The molecule has 4 rings (SSSR count). The second-order valence-corrected chi connectivity index (χ2v) is 8.51. The van der Waals surface area contributed by atoms with Crippen molar-refractivity contribution in [3.63, 3.8) is 0 Å². The highest BCUT2D eigenvalue weighted by molar-refractivity contribution is 6.03. The molecule has 2 aromatic rings. The lowest BCUT2D eigenvalue weighted by Gasteiger charge is -2.39. The molecule has 0 amide bonds. The number of ketones is 1. The van der Waals surface area contributed by atoms with Crippen LogP contribution in [0.3, 0.4) is 0 Å². The van der Waals surface area contributed by atoms with Crippen LogP contribution in [-0.4, -0.2) is 92.0 Å². The van der Waals surface area contributed by atoms with Gasteiger partial charge in [-0.25, -0.2) is 0 Å². The number of ether oxygens (including phenoxy) is 7. The van der Waals surface area contributed by atoms with Crippen molar-refractivity contribution >= 4 is 5.78 Å². The Balaban J connectivity index is 1.70. The lowest BCUT2D eigenvalue weighted by molar-refractivity contribution is -0.277. The molecule has 1 unspecified atom stereocenters. The highest BCUT2D eigenvalue weighted by Gasteiger charge is 2.45. The number of carbonyl (C=O) groups is 1. The Kier molecular flexibility index (Phi) is 7.95. The summed E-state index contributed by atoms with van der Waals surface area (Å²) in [4.78, 5) is 13.1. The first kappa shape index (κ1) is 26.8. The van der Waals surface area contributed by atoms with Crippen LogP contribution in [0.5, 0.6) is 34.5 Å². The molecule has 0 aromatic heterocycles. The molecule has 12 heteroatoms. The summed E-state index contributed by atoms with van der Waals surface area (Å²) >= 11 is 0. The second kappa shape index (κ2) is 11.0. The van der Waals surface area contributed by atoms with Crippen molar-refractivity contribution < 1.29 is 58.4 Å². The molecule has 12 nitrogen and oxygen atoms in total. The Bertz CT molecular complexity index is 1130. The summed E-state index contributed by atoms with van der Waals surface area (Å²) in [5.41, 5.74) is 0.788. The predicted molar refractivity (Wildman–Crippen MR) is 126 cm³/mol. The lowest BCUT2D eigenvalue weighted by atomic mass is 9.95. The highest BCUT2D eigenvalue weighted by Crippen LogP contribution is 2.46. The number of aliphatic hydroxyl groups is 4. The number of rotatable bonds is 8. The third kappa shape index (κ3) is 4.98. The van der Waals surface area contributed by atoms with Crippen LogP contribution >= 0.6 is 0 Å². The number of Topliss-reactive ketones (excluding diaryl/α,β-unsaturated/α-hetero) is 1. The number of benzene rings is 2. The van der Waals surface area contributed by atoms with Crippen molar-refractivity contribution in [2.75, 3.05) is 35.0 Å². The van der Waals surface area contributed by atoms with Crippen molar-refractivity contribution in [1.29, 1.82) is 0 Å². The van der Waals surface area contributed by atoms with E-state index in [2.05, 4.69) is 0 Å². The highest BCUT2D eigenvalue weighted by atomic mass is 16.7. The van der Waals surface area contributed by atoms with Gasteiger partial charge in [0, 0.05) is 17.7 Å². The van der Waals surface area contributed by atoms with E-state index in [1.807, 2.05) is 0 Å². The van der Waals surface area contributed by atoms with E-state index in [0.29, 0.717) is 22.6 Å². The van der Waals surface area contributed by atoms with E-state index in [1.54, 1.807) is 18.2 Å². The van der Waals surface area contributed by atoms with E-state index in [9.17, 15) is 25.2 Å².